The highest BCUT2D eigenvalue weighted by molar-refractivity contribution is 9.10. The normalized spacial score (nSPS) is 10.6. The molecule has 0 spiro atoms. The van der Waals surface area contributed by atoms with E-state index in [2.05, 4.69) is 26.0 Å². The molecular formula is C12H13BrN4O. The predicted octanol–water partition coefficient (Wildman–Crippen LogP) is 2.07. The standard InChI is InChI=1S/C12H13BrN4O/c1-2-17-12(15-7-16-17)6-11(18)9-5-8(13)3-4-10(9)14/h3-5,7H,2,6,14H2,1H3. The van der Waals surface area contributed by atoms with Crippen LogP contribution in [-0.2, 0) is 13.0 Å². The quantitative estimate of drug-likeness (QED) is 0.693. The van der Waals surface area contributed by atoms with Gasteiger partial charge in [0.05, 0.1) is 6.42 Å². The number of carbonyl (C=O) groups is 1. The molecule has 2 aromatic rings. The monoisotopic (exact) mass is 308 g/mol. The fourth-order valence-electron chi connectivity index (χ4n) is 1.70. The largest absolute Gasteiger partial charge is 0.398 e. The number of rotatable bonds is 4. The lowest BCUT2D eigenvalue weighted by molar-refractivity contribution is 0.0990. The number of hydrogen-bond acceptors (Lipinski definition) is 4. The Labute approximate surface area is 113 Å². The van der Waals surface area contributed by atoms with E-state index < -0.39 is 0 Å². The molecule has 1 heterocycles. The minimum Gasteiger partial charge on any atom is -0.398 e. The molecule has 6 heteroatoms. The molecule has 0 atom stereocenters. The van der Waals surface area contributed by atoms with Crippen LogP contribution in [0.1, 0.15) is 23.1 Å². The van der Waals surface area contributed by atoms with Crippen LogP contribution in [0.5, 0.6) is 0 Å². The van der Waals surface area contributed by atoms with Crippen LogP contribution in [-0.4, -0.2) is 20.5 Å². The lowest BCUT2D eigenvalue weighted by Gasteiger charge is -2.06. The summed E-state index contributed by atoms with van der Waals surface area (Å²) < 4.78 is 2.53. The van der Waals surface area contributed by atoms with Crippen LogP contribution >= 0.6 is 15.9 Å². The number of benzene rings is 1. The molecule has 0 aliphatic carbocycles. The summed E-state index contributed by atoms with van der Waals surface area (Å²) >= 11 is 3.33. The maximum atomic E-state index is 12.2. The zero-order valence-electron chi connectivity index (χ0n) is 9.93. The number of nitrogen functional groups attached to an aromatic ring is 1. The molecule has 94 valence electrons. The van der Waals surface area contributed by atoms with E-state index in [1.54, 1.807) is 22.9 Å². The maximum absolute atomic E-state index is 12.2. The molecule has 0 aliphatic rings. The number of nitrogens with two attached hydrogens (primary N) is 1. The van der Waals surface area contributed by atoms with E-state index >= 15 is 0 Å². The van der Waals surface area contributed by atoms with E-state index in [1.165, 1.54) is 6.33 Å². The number of hydrogen-bond donors (Lipinski definition) is 1. The van der Waals surface area contributed by atoms with Crippen molar-refractivity contribution in [2.75, 3.05) is 5.73 Å². The average molecular weight is 309 g/mol. The van der Waals surface area contributed by atoms with Crippen LogP contribution in [0.15, 0.2) is 29.0 Å². The average Bonchev–Trinajstić information content (AvgIpc) is 2.79. The van der Waals surface area contributed by atoms with Crippen molar-refractivity contribution in [2.24, 2.45) is 0 Å². The van der Waals surface area contributed by atoms with E-state index in [4.69, 9.17) is 5.73 Å². The summed E-state index contributed by atoms with van der Waals surface area (Å²) in [6.45, 7) is 2.65. The Morgan fingerprint density at radius 1 is 1.50 bits per heavy atom. The number of aryl methyl sites for hydroxylation is 1. The van der Waals surface area contributed by atoms with Gasteiger partial charge in [-0.15, -0.1) is 0 Å². The molecule has 2 rings (SSSR count). The SMILES string of the molecule is CCn1ncnc1CC(=O)c1cc(Br)ccc1N. The first-order valence-corrected chi connectivity index (χ1v) is 6.36. The van der Waals surface area contributed by atoms with Gasteiger partial charge in [-0.3, -0.25) is 4.79 Å². The number of Topliss-reactive ketones (excluding diaryl/α,β-unsaturated/α-hetero) is 1. The molecule has 0 fully saturated rings. The number of halogens is 1. The minimum atomic E-state index is -0.0588. The van der Waals surface area contributed by atoms with Gasteiger partial charge in [0.1, 0.15) is 12.2 Å². The summed E-state index contributed by atoms with van der Waals surface area (Å²) in [4.78, 5) is 16.3. The van der Waals surface area contributed by atoms with Gasteiger partial charge in [-0.05, 0) is 25.1 Å². The first-order chi connectivity index (χ1) is 8.61. The van der Waals surface area contributed by atoms with Crippen molar-refractivity contribution in [3.05, 3.63) is 40.4 Å². The molecule has 0 aliphatic heterocycles. The van der Waals surface area contributed by atoms with Gasteiger partial charge in [0, 0.05) is 22.3 Å². The molecule has 18 heavy (non-hydrogen) atoms. The molecule has 0 saturated carbocycles. The molecule has 2 N–H and O–H groups in total. The smallest absolute Gasteiger partial charge is 0.172 e. The summed E-state index contributed by atoms with van der Waals surface area (Å²) in [6.07, 6.45) is 1.66. The molecule has 0 unspecified atom stereocenters. The minimum absolute atomic E-state index is 0.0588. The van der Waals surface area contributed by atoms with Gasteiger partial charge in [0.2, 0.25) is 0 Å². The summed E-state index contributed by atoms with van der Waals surface area (Å²) in [5.41, 5.74) is 6.79. The third-order valence-corrected chi connectivity index (χ3v) is 3.12. The molecule has 0 radical (unpaired) electrons. The Balaban J connectivity index is 2.25. The third kappa shape index (κ3) is 2.59. The molecule has 0 bridgehead atoms. The molecule has 0 saturated heterocycles. The van der Waals surface area contributed by atoms with Crippen molar-refractivity contribution in [3.8, 4) is 0 Å². The Morgan fingerprint density at radius 2 is 2.28 bits per heavy atom. The van der Waals surface area contributed by atoms with E-state index in [0.29, 0.717) is 23.6 Å². The summed E-state index contributed by atoms with van der Waals surface area (Å²) in [7, 11) is 0. The molecule has 1 aromatic carbocycles. The lowest BCUT2D eigenvalue weighted by atomic mass is 10.1. The van der Waals surface area contributed by atoms with Crippen LogP contribution in [0.2, 0.25) is 0 Å². The van der Waals surface area contributed by atoms with E-state index in [9.17, 15) is 4.79 Å². The van der Waals surface area contributed by atoms with E-state index in [-0.39, 0.29) is 12.2 Å². The van der Waals surface area contributed by atoms with E-state index in [1.807, 2.05) is 6.92 Å². The highest BCUT2D eigenvalue weighted by Crippen LogP contribution is 2.20. The van der Waals surface area contributed by atoms with Crippen molar-refractivity contribution in [3.63, 3.8) is 0 Å². The van der Waals surface area contributed by atoms with Gasteiger partial charge < -0.3 is 5.73 Å². The first kappa shape index (κ1) is 12.8. The molecule has 1 aromatic heterocycles. The zero-order valence-corrected chi connectivity index (χ0v) is 11.5. The highest BCUT2D eigenvalue weighted by Gasteiger charge is 2.14. The second-order valence-corrected chi connectivity index (χ2v) is 4.74. The maximum Gasteiger partial charge on any atom is 0.172 e. The number of carbonyl (C=O) groups excluding carboxylic acids is 1. The van der Waals surface area contributed by atoms with Crippen molar-refractivity contribution in [1.82, 2.24) is 14.8 Å². The molecular weight excluding hydrogens is 296 g/mol. The van der Waals surface area contributed by atoms with Crippen LogP contribution in [0.25, 0.3) is 0 Å². The van der Waals surface area contributed by atoms with Crippen LogP contribution in [0, 0.1) is 0 Å². The van der Waals surface area contributed by atoms with Gasteiger partial charge in [-0.1, -0.05) is 15.9 Å². The Hall–Kier alpha value is -1.69. The number of aromatic nitrogens is 3. The summed E-state index contributed by atoms with van der Waals surface area (Å²) in [5.74, 6) is 0.596. The number of ketones is 1. The second kappa shape index (κ2) is 5.30. The van der Waals surface area contributed by atoms with Crippen LogP contribution < -0.4 is 5.73 Å². The molecule has 5 nitrogen and oxygen atoms in total. The Morgan fingerprint density at radius 3 is 3.00 bits per heavy atom. The fraction of sp³-hybridized carbons (Fsp3) is 0.250. The van der Waals surface area contributed by atoms with Gasteiger partial charge in [0.25, 0.3) is 0 Å². The third-order valence-electron chi connectivity index (χ3n) is 2.63. The van der Waals surface area contributed by atoms with Crippen LogP contribution in [0.4, 0.5) is 5.69 Å². The summed E-state index contributed by atoms with van der Waals surface area (Å²) in [6, 6.07) is 5.24. The van der Waals surface area contributed by atoms with Crippen molar-refractivity contribution < 1.29 is 4.79 Å². The Kier molecular flexibility index (Phi) is 3.76. The van der Waals surface area contributed by atoms with Gasteiger partial charge >= 0.3 is 0 Å². The van der Waals surface area contributed by atoms with Crippen molar-refractivity contribution >= 4 is 27.4 Å². The van der Waals surface area contributed by atoms with Gasteiger partial charge in [-0.2, -0.15) is 5.10 Å². The van der Waals surface area contributed by atoms with Gasteiger partial charge in [-0.25, -0.2) is 9.67 Å². The molecule has 0 amide bonds. The predicted molar refractivity (Wildman–Crippen MR) is 72.3 cm³/mol. The first-order valence-electron chi connectivity index (χ1n) is 5.56. The van der Waals surface area contributed by atoms with Gasteiger partial charge in [0.15, 0.2) is 5.78 Å². The summed E-state index contributed by atoms with van der Waals surface area (Å²) in [5, 5.41) is 4.03. The van der Waals surface area contributed by atoms with Crippen molar-refractivity contribution in [2.45, 2.75) is 19.9 Å². The lowest BCUT2D eigenvalue weighted by Crippen LogP contribution is -2.12. The zero-order chi connectivity index (χ0) is 13.1. The Bertz CT molecular complexity index is 579. The van der Waals surface area contributed by atoms with Crippen LogP contribution in [0.3, 0.4) is 0 Å². The topological polar surface area (TPSA) is 73.8 Å². The van der Waals surface area contributed by atoms with Crippen molar-refractivity contribution in [1.29, 1.82) is 0 Å². The fourth-order valence-corrected chi connectivity index (χ4v) is 2.06. The van der Waals surface area contributed by atoms with E-state index in [0.717, 1.165) is 4.47 Å². The number of nitrogens with zero attached hydrogens (tertiary/aromatic N) is 3. The highest BCUT2D eigenvalue weighted by atomic mass is 79.9. The number of anilines is 1. The second-order valence-electron chi connectivity index (χ2n) is 3.82.